The third kappa shape index (κ3) is 7.81. The smallest absolute Gasteiger partial charge is 0.264 e. The van der Waals surface area contributed by atoms with Crippen LogP contribution in [-0.4, -0.2) is 51.4 Å². The number of halogens is 1. The van der Waals surface area contributed by atoms with E-state index in [0.29, 0.717) is 30.0 Å². The summed E-state index contributed by atoms with van der Waals surface area (Å²) in [4.78, 5) is 28.5. The molecule has 0 fully saturated rings. The van der Waals surface area contributed by atoms with Crippen molar-refractivity contribution in [1.82, 2.24) is 10.2 Å². The van der Waals surface area contributed by atoms with Gasteiger partial charge in [0.25, 0.3) is 10.0 Å². The lowest BCUT2D eigenvalue weighted by Gasteiger charge is -2.33. The highest BCUT2D eigenvalue weighted by atomic mass is 32.2. The van der Waals surface area contributed by atoms with Crippen LogP contribution in [0.15, 0.2) is 83.8 Å². The number of nitrogens with one attached hydrogen (secondary N) is 1. The first-order valence-electron chi connectivity index (χ1n) is 13.2. The molecule has 0 aliphatic carbocycles. The van der Waals surface area contributed by atoms with Gasteiger partial charge in [0.1, 0.15) is 24.2 Å². The lowest BCUT2D eigenvalue weighted by molar-refractivity contribution is -0.140. The summed E-state index contributed by atoms with van der Waals surface area (Å²) >= 11 is 0. The number of methoxy groups -OCH3 is 1. The number of nitrogens with zero attached hydrogens (tertiary/aromatic N) is 2. The molecule has 0 unspecified atom stereocenters. The molecule has 10 heteroatoms. The largest absolute Gasteiger partial charge is 0.497 e. The summed E-state index contributed by atoms with van der Waals surface area (Å²) in [6.45, 7) is 3.72. The Kier molecular flexibility index (Phi) is 11.1. The van der Waals surface area contributed by atoms with Crippen molar-refractivity contribution in [2.24, 2.45) is 0 Å². The summed E-state index contributed by atoms with van der Waals surface area (Å²) < 4.78 is 47.4. The van der Waals surface area contributed by atoms with Crippen LogP contribution in [0.2, 0.25) is 0 Å². The van der Waals surface area contributed by atoms with Gasteiger partial charge in [-0.25, -0.2) is 12.8 Å². The SMILES string of the molecule is CCCCNC(=O)[C@H](CC)N(Cc1ccc(F)cc1)C(=O)CN(c1ccccc1)S(=O)(=O)c1ccc(OC)cc1. The molecule has 0 bridgehead atoms. The molecule has 3 aromatic rings. The summed E-state index contributed by atoms with van der Waals surface area (Å²) in [7, 11) is -2.69. The molecule has 214 valence electrons. The van der Waals surface area contributed by atoms with E-state index in [0.717, 1.165) is 17.1 Å². The Morgan fingerprint density at radius 1 is 0.950 bits per heavy atom. The molecule has 0 radical (unpaired) electrons. The first kappa shape index (κ1) is 30.6. The van der Waals surface area contributed by atoms with Crippen LogP contribution in [0, 0.1) is 5.82 Å². The molecule has 0 heterocycles. The van der Waals surface area contributed by atoms with Crippen LogP contribution in [0.1, 0.15) is 38.7 Å². The maximum Gasteiger partial charge on any atom is 0.264 e. The molecule has 0 aliphatic heterocycles. The van der Waals surface area contributed by atoms with Gasteiger partial charge in [0, 0.05) is 13.1 Å². The Labute approximate surface area is 235 Å². The predicted octanol–water partition coefficient (Wildman–Crippen LogP) is 4.75. The zero-order chi connectivity index (χ0) is 29.1. The molecule has 3 rings (SSSR count). The second-order valence-corrected chi connectivity index (χ2v) is 11.1. The van der Waals surface area contributed by atoms with E-state index in [4.69, 9.17) is 4.74 Å². The molecular formula is C30H36FN3O5S. The number of ether oxygens (including phenoxy) is 1. The minimum atomic E-state index is -4.18. The Balaban J connectivity index is 2.00. The summed E-state index contributed by atoms with van der Waals surface area (Å²) in [5.74, 6) is -0.822. The normalized spacial score (nSPS) is 11.9. The Bertz CT molecular complexity index is 1350. The van der Waals surface area contributed by atoms with Gasteiger partial charge in [-0.1, -0.05) is 50.6 Å². The van der Waals surface area contributed by atoms with Crippen molar-refractivity contribution < 1.29 is 27.1 Å². The maximum atomic E-state index is 14.0. The van der Waals surface area contributed by atoms with Crippen LogP contribution in [0.4, 0.5) is 10.1 Å². The number of anilines is 1. The van der Waals surface area contributed by atoms with E-state index in [-0.39, 0.29) is 17.3 Å². The van der Waals surface area contributed by atoms with Gasteiger partial charge in [-0.15, -0.1) is 0 Å². The number of para-hydroxylation sites is 1. The zero-order valence-electron chi connectivity index (χ0n) is 23.0. The lowest BCUT2D eigenvalue weighted by Crippen LogP contribution is -2.52. The number of sulfonamides is 1. The minimum Gasteiger partial charge on any atom is -0.497 e. The quantitative estimate of drug-likeness (QED) is 0.283. The predicted molar refractivity (Wildman–Crippen MR) is 153 cm³/mol. The monoisotopic (exact) mass is 569 g/mol. The third-order valence-corrected chi connectivity index (χ3v) is 8.24. The molecular weight excluding hydrogens is 533 g/mol. The fourth-order valence-electron chi connectivity index (χ4n) is 4.21. The molecule has 3 aromatic carbocycles. The van der Waals surface area contributed by atoms with Crippen molar-refractivity contribution in [1.29, 1.82) is 0 Å². The molecule has 0 saturated carbocycles. The Morgan fingerprint density at radius 3 is 2.17 bits per heavy atom. The van der Waals surface area contributed by atoms with Crippen LogP contribution in [0.25, 0.3) is 0 Å². The Hall–Kier alpha value is -3.92. The van der Waals surface area contributed by atoms with Gasteiger partial charge < -0.3 is 15.0 Å². The van der Waals surface area contributed by atoms with E-state index in [1.165, 1.54) is 48.4 Å². The topological polar surface area (TPSA) is 96.0 Å². The van der Waals surface area contributed by atoms with Gasteiger partial charge in [-0.2, -0.15) is 0 Å². The van der Waals surface area contributed by atoms with E-state index in [2.05, 4.69) is 5.32 Å². The fraction of sp³-hybridized carbons (Fsp3) is 0.333. The van der Waals surface area contributed by atoms with Crippen LogP contribution in [-0.2, 0) is 26.2 Å². The molecule has 1 atom stereocenters. The molecule has 0 spiro atoms. The summed E-state index contributed by atoms with van der Waals surface area (Å²) in [5, 5.41) is 2.88. The fourth-order valence-corrected chi connectivity index (χ4v) is 5.62. The molecule has 0 aliphatic rings. The van der Waals surface area contributed by atoms with Crippen molar-refractivity contribution in [2.75, 3.05) is 24.5 Å². The van der Waals surface area contributed by atoms with Crippen molar-refractivity contribution in [3.63, 3.8) is 0 Å². The summed E-state index contributed by atoms with van der Waals surface area (Å²) in [5.41, 5.74) is 0.910. The number of carbonyl (C=O) groups excluding carboxylic acids is 2. The average molecular weight is 570 g/mol. The standard InChI is InChI=1S/C30H36FN3O5S/c1-4-6-20-32-30(36)28(5-2)33(21-23-12-14-24(31)15-13-23)29(35)22-34(25-10-8-7-9-11-25)40(37,38)27-18-16-26(39-3)17-19-27/h7-19,28H,4-6,20-22H2,1-3H3,(H,32,36)/t28-/m0/s1. The van der Waals surface area contributed by atoms with Crippen LogP contribution < -0.4 is 14.4 Å². The van der Waals surface area contributed by atoms with E-state index >= 15 is 0 Å². The van der Waals surface area contributed by atoms with Crippen LogP contribution in [0.5, 0.6) is 5.75 Å². The molecule has 0 saturated heterocycles. The number of carbonyl (C=O) groups is 2. The highest BCUT2D eigenvalue weighted by Gasteiger charge is 2.33. The number of rotatable bonds is 14. The third-order valence-electron chi connectivity index (χ3n) is 6.45. The number of unbranched alkanes of at least 4 members (excludes halogenated alkanes) is 1. The van der Waals surface area contributed by atoms with Crippen molar-refractivity contribution in [3.8, 4) is 5.75 Å². The van der Waals surface area contributed by atoms with Gasteiger partial charge in [0.15, 0.2) is 0 Å². The minimum absolute atomic E-state index is 0.00400. The van der Waals surface area contributed by atoms with E-state index < -0.39 is 34.3 Å². The number of benzene rings is 3. The van der Waals surface area contributed by atoms with E-state index in [1.807, 2.05) is 6.92 Å². The number of hydrogen-bond acceptors (Lipinski definition) is 5. The molecule has 40 heavy (non-hydrogen) atoms. The van der Waals surface area contributed by atoms with Gasteiger partial charge in [-0.3, -0.25) is 13.9 Å². The maximum absolute atomic E-state index is 14.0. The van der Waals surface area contributed by atoms with Crippen molar-refractivity contribution in [3.05, 3.63) is 90.2 Å². The second kappa shape index (κ2) is 14.5. The highest BCUT2D eigenvalue weighted by molar-refractivity contribution is 7.92. The first-order valence-corrected chi connectivity index (χ1v) is 14.7. The number of amides is 2. The lowest BCUT2D eigenvalue weighted by atomic mass is 10.1. The molecule has 0 aromatic heterocycles. The van der Waals surface area contributed by atoms with Crippen LogP contribution in [0.3, 0.4) is 0 Å². The number of hydrogen-bond donors (Lipinski definition) is 1. The van der Waals surface area contributed by atoms with Gasteiger partial charge in [0.2, 0.25) is 11.8 Å². The van der Waals surface area contributed by atoms with Gasteiger partial charge in [0.05, 0.1) is 17.7 Å². The van der Waals surface area contributed by atoms with Crippen molar-refractivity contribution in [2.45, 2.75) is 50.6 Å². The van der Waals surface area contributed by atoms with Crippen LogP contribution >= 0.6 is 0 Å². The van der Waals surface area contributed by atoms with Gasteiger partial charge in [-0.05, 0) is 66.9 Å². The van der Waals surface area contributed by atoms with Gasteiger partial charge >= 0.3 is 0 Å². The van der Waals surface area contributed by atoms with Crippen molar-refractivity contribution >= 4 is 27.5 Å². The second-order valence-electron chi connectivity index (χ2n) is 9.24. The summed E-state index contributed by atoms with van der Waals surface area (Å²) in [6.07, 6.45) is 1.99. The molecule has 8 nitrogen and oxygen atoms in total. The summed E-state index contributed by atoms with van der Waals surface area (Å²) in [6, 6.07) is 19.0. The average Bonchev–Trinajstić information content (AvgIpc) is 2.97. The zero-order valence-corrected chi connectivity index (χ0v) is 23.9. The first-order chi connectivity index (χ1) is 19.2. The highest BCUT2D eigenvalue weighted by Crippen LogP contribution is 2.26. The molecule has 1 N–H and O–H groups in total. The van der Waals surface area contributed by atoms with E-state index in [1.54, 1.807) is 49.4 Å². The molecule has 2 amide bonds. The van der Waals surface area contributed by atoms with E-state index in [9.17, 15) is 22.4 Å². The Morgan fingerprint density at radius 2 is 1.60 bits per heavy atom.